The van der Waals surface area contributed by atoms with Crippen LogP contribution in [0, 0.1) is 6.92 Å². The summed E-state index contributed by atoms with van der Waals surface area (Å²) < 4.78 is 3.07. The molecule has 2 heterocycles. The lowest BCUT2D eigenvalue weighted by Gasteiger charge is -2.02. The van der Waals surface area contributed by atoms with Gasteiger partial charge in [0.25, 0.3) is 5.69 Å². The van der Waals surface area contributed by atoms with Crippen molar-refractivity contribution >= 4 is 34.6 Å². The molecule has 0 spiro atoms. The fraction of sp³-hybridized carbons (Fsp3) is 0.0833. The molecule has 0 radical (unpaired) electrons. The highest BCUT2D eigenvalue weighted by Crippen LogP contribution is 2.40. The molecule has 0 fully saturated rings. The fourth-order valence-electron chi connectivity index (χ4n) is 3.10. The number of carbonyl (C=O) groups is 1. The van der Waals surface area contributed by atoms with Gasteiger partial charge in [0, 0.05) is 22.9 Å². The van der Waals surface area contributed by atoms with E-state index in [2.05, 4.69) is 12.1 Å². The number of ketones is 1. The zero-order valence-corrected chi connectivity index (χ0v) is 17.7. The van der Waals surface area contributed by atoms with E-state index in [0.29, 0.717) is 16.1 Å². The average molecular weight is 418 g/mol. The molecule has 0 amide bonds. The maximum Gasteiger partial charge on any atom is 0.259 e. The van der Waals surface area contributed by atoms with Gasteiger partial charge in [0.1, 0.15) is 14.8 Å². The minimum Gasteiger partial charge on any atom is -0.392 e. The fourth-order valence-corrected chi connectivity index (χ4v) is 5.52. The smallest absolute Gasteiger partial charge is 0.259 e. The molecule has 0 saturated carbocycles. The van der Waals surface area contributed by atoms with E-state index in [4.69, 9.17) is 5.73 Å². The Kier molecular flexibility index (Phi) is 5.79. The van der Waals surface area contributed by atoms with Crippen molar-refractivity contribution in [3.05, 3.63) is 107 Å². The molecule has 0 bridgehead atoms. The molecule has 5 heteroatoms. The monoisotopic (exact) mass is 417 g/mol. The van der Waals surface area contributed by atoms with Gasteiger partial charge in [-0.1, -0.05) is 60.7 Å². The van der Waals surface area contributed by atoms with E-state index in [9.17, 15) is 4.79 Å². The van der Waals surface area contributed by atoms with Crippen LogP contribution in [0.5, 0.6) is 0 Å². The van der Waals surface area contributed by atoms with Gasteiger partial charge >= 0.3 is 0 Å². The van der Waals surface area contributed by atoms with Crippen LogP contribution in [0.2, 0.25) is 0 Å². The SMILES string of the molecule is Cc1ccc[n+](-c2c(SCc3ccccc3)sc(C(=O)c3ccccc3)c2N)c1. The van der Waals surface area contributed by atoms with Crippen molar-refractivity contribution in [3.63, 3.8) is 0 Å². The van der Waals surface area contributed by atoms with Crippen LogP contribution in [-0.2, 0) is 5.75 Å². The van der Waals surface area contributed by atoms with Crippen LogP contribution < -0.4 is 10.3 Å². The number of aryl methyl sites for hydroxylation is 1. The van der Waals surface area contributed by atoms with Crippen LogP contribution in [0.15, 0.2) is 89.4 Å². The lowest BCUT2D eigenvalue weighted by atomic mass is 10.1. The minimum atomic E-state index is -0.0332. The van der Waals surface area contributed by atoms with Gasteiger partial charge in [-0.25, -0.2) is 0 Å². The van der Waals surface area contributed by atoms with E-state index < -0.39 is 0 Å². The Morgan fingerprint density at radius 3 is 2.38 bits per heavy atom. The summed E-state index contributed by atoms with van der Waals surface area (Å²) in [5.74, 6) is 0.785. The molecule has 0 saturated heterocycles. The number of thiophene rings is 1. The number of thioether (sulfide) groups is 1. The predicted octanol–water partition coefficient (Wildman–Crippen LogP) is 5.44. The first-order chi connectivity index (χ1) is 14.1. The van der Waals surface area contributed by atoms with Crippen LogP contribution in [0.25, 0.3) is 5.69 Å². The molecule has 2 aromatic carbocycles. The second kappa shape index (κ2) is 8.64. The molecule has 0 unspecified atom stereocenters. The van der Waals surface area contributed by atoms with Gasteiger partial charge in [-0.05, 0) is 18.6 Å². The van der Waals surface area contributed by atoms with Gasteiger partial charge < -0.3 is 5.73 Å². The highest BCUT2D eigenvalue weighted by Gasteiger charge is 2.28. The third kappa shape index (κ3) is 4.26. The van der Waals surface area contributed by atoms with E-state index in [-0.39, 0.29) is 5.78 Å². The number of nitrogens with two attached hydrogens (primary N) is 1. The van der Waals surface area contributed by atoms with Gasteiger partial charge in [0.2, 0.25) is 5.78 Å². The normalized spacial score (nSPS) is 10.8. The van der Waals surface area contributed by atoms with E-state index >= 15 is 0 Å². The molecule has 0 aliphatic carbocycles. The topological polar surface area (TPSA) is 47.0 Å². The standard InChI is InChI=1S/C24H20N2OS2/c1-17-9-8-14-26(15-17)21-20(25)23(22(27)19-12-6-3-7-13-19)29-24(21)28-16-18-10-4-2-5-11-18/h2-15H,16H2,1H3,(H-,25,27)/p+1. The maximum atomic E-state index is 13.1. The number of rotatable bonds is 6. The van der Waals surface area contributed by atoms with Crippen LogP contribution in [-0.4, -0.2) is 5.78 Å². The number of hydrogen-bond donors (Lipinski definition) is 1. The Balaban J connectivity index is 1.76. The molecular formula is C24H21N2OS2+. The van der Waals surface area contributed by atoms with Crippen molar-refractivity contribution in [2.45, 2.75) is 16.9 Å². The molecule has 2 aromatic heterocycles. The molecule has 144 valence electrons. The Bertz CT molecular complexity index is 1140. The van der Waals surface area contributed by atoms with Crippen molar-refractivity contribution in [2.75, 3.05) is 5.73 Å². The molecule has 2 N–H and O–H groups in total. The highest BCUT2D eigenvalue weighted by molar-refractivity contribution is 8.00. The van der Waals surface area contributed by atoms with Crippen molar-refractivity contribution in [2.24, 2.45) is 0 Å². The van der Waals surface area contributed by atoms with Gasteiger partial charge in [-0.2, -0.15) is 4.57 Å². The second-order valence-electron chi connectivity index (χ2n) is 6.74. The number of benzene rings is 2. The van der Waals surface area contributed by atoms with E-state index in [1.54, 1.807) is 11.8 Å². The summed E-state index contributed by atoms with van der Waals surface area (Å²) in [6, 6.07) is 23.7. The molecule has 3 nitrogen and oxygen atoms in total. The van der Waals surface area contributed by atoms with Crippen molar-refractivity contribution < 1.29 is 9.36 Å². The minimum absolute atomic E-state index is 0.0332. The van der Waals surface area contributed by atoms with Gasteiger partial charge in [-0.15, -0.1) is 23.1 Å². The van der Waals surface area contributed by atoms with Gasteiger partial charge in [-0.3, -0.25) is 4.79 Å². The largest absolute Gasteiger partial charge is 0.392 e. The number of carbonyl (C=O) groups excluding carboxylic acids is 1. The summed E-state index contributed by atoms with van der Waals surface area (Å²) in [5.41, 5.74) is 11.0. The predicted molar refractivity (Wildman–Crippen MR) is 121 cm³/mol. The Labute approximate surface area is 178 Å². The van der Waals surface area contributed by atoms with Gasteiger partial charge in [0.15, 0.2) is 12.4 Å². The van der Waals surface area contributed by atoms with Crippen molar-refractivity contribution in [3.8, 4) is 5.69 Å². The molecule has 0 atom stereocenters. The van der Waals surface area contributed by atoms with Crippen LogP contribution in [0.1, 0.15) is 26.4 Å². The summed E-state index contributed by atoms with van der Waals surface area (Å²) in [5, 5.41) is 0. The molecular weight excluding hydrogens is 396 g/mol. The molecule has 29 heavy (non-hydrogen) atoms. The van der Waals surface area contributed by atoms with Gasteiger partial charge in [0.05, 0.1) is 0 Å². The molecule has 4 aromatic rings. The summed E-state index contributed by atoms with van der Waals surface area (Å²) in [6.45, 7) is 2.05. The average Bonchev–Trinajstić information content (AvgIpc) is 3.09. The Morgan fingerprint density at radius 1 is 1.00 bits per heavy atom. The highest BCUT2D eigenvalue weighted by atomic mass is 32.2. The van der Waals surface area contributed by atoms with Crippen molar-refractivity contribution in [1.29, 1.82) is 0 Å². The summed E-state index contributed by atoms with van der Waals surface area (Å²) in [7, 11) is 0. The first kappa shape index (κ1) is 19.4. The quantitative estimate of drug-likeness (QED) is 0.258. The van der Waals surface area contributed by atoms with Crippen LogP contribution in [0.3, 0.4) is 0 Å². The third-order valence-electron chi connectivity index (χ3n) is 4.55. The number of pyridine rings is 1. The second-order valence-corrected chi connectivity index (χ2v) is 9.00. The Hall–Kier alpha value is -2.89. The zero-order chi connectivity index (χ0) is 20.2. The van der Waals surface area contributed by atoms with E-state index in [0.717, 1.165) is 21.2 Å². The summed E-state index contributed by atoms with van der Waals surface area (Å²) in [6.07, 6.45) is 4.02. The third-order valence-corrected chi connectivity index (χ3v) is 7.07. The van der Waals surface area contributed by atoms with E-state index in [1.165, 1.54) is 16.9 Å². The van der Waals surface area contributed by atoms with Crippen LogP contribution in [0.4, 0.5) is 5.69 Å². The van der Waals surface area contributed by atoms with E-state index in [1.807, 2.05) is 84.5 Å². The zero-order valence-electron chi connectivity index (χ0n) is 16.0. The summed E-state index contributed by atoms with van der Waals surface area (Å²) >= 11 is 3.19. The first-order valence-electron chi connectivity index (χ1n) is 9.30. The van der Waals surface area contributed by atoms with Crippen molar-refractivity contribution in [1.82, 2.24) is 0 Å². The number of hydrogen-bond acceptors (Lipinski definition) is 4. The number of anilines is 1. The Morgan fingerprint density at radius 2 is 1.69 bits per heavy atom. The molecule has 4 rings (SSSR count). The first-order valence-corrected chi connectivity index (χ1v) is 11.1. The molecule has 0 aliphatic rings. The number of nitrogens with zero attached hydrogens (tertiary/aromatic N) is 1. The lowest BCUT2D eigenvalue weighted by Crippen LogP contribution is -2.31. The van der Waals surface area contributed by atoms with Crippen LogP contribution >= 0.6 is 23.1 Å². The molecule has 0 aliphatic heterocycles. The maximum absolute atomic E-state index is 13.1. The lowest BCUT2D eigenvalue weighted by molar-refractivity contribution is -0.597. The number of nitrogen functional groups attached to an aromatic ring is 1. The number of aromatic nitrogens is 1. The summed E-state index contributed by atoms with van der Waals surface area (Å²) in [4.78, 5) is 13.7.